The lowest BCUT2D eigenvalue weighted by molar-refractivity contribution is -0.123. The van der Waals surface area contributed by atoms with Crippen molar-refractivity contribution < 1.29 is 9.59 Å². The van der Waals surface area contributed by atoms with Crippen LogP contribution in [0.25, 0.3) is 0 Å². The van der Waals surface area contributed by atoms with Gasteiger partial charge >= 0.3 is 0 Å². The molecule has 1 aliphatic rings. The Bertz CT molecular complexity index is 551. The normalized spacial score (nSPS) is 14.3. The van der Waals surface area contributed by atoms with Gasteiger partial charge in [0.25, 0.3) is 0 Å². The second kappa shape index (κ2) is 8.68. The molecule has 2 rings (SSSR count). The SMILES string of the molecule is CC(C)NC(=O)CN(C)CC(=O)Nc1ccc(N2CCCC2)cc1. The Labute approximate surface area is 144 Å². The smallest absolute Gasteiger partial charge is 0.238 e. The number of hydrogen-bond donors (Lipinski definition) is 2. The van der Waals surface area contributed by atoms with Crippen LogP contribution in [0.1, 0.15) is 26.7 Å². The molecule has 1 aliphatic heterocycles. The van der Waals surface area contributed by atoms with Crippen molar-refractivity contribution in [3.63, 3.8) is 0 Å². The summed E-state index contributed by atoms with van der Waals surface area (Å²) in [5.74, 6) is -0.195. The molecule has 1 fully saturated rings. The fourth-order valence-electron chi connectivity index (χ4n) is 2.85. The molecular weight excluding hydrogens is 304 g/mol. The molecule has 0 aliphatic carbocycles. The van der Waals surface area contributed by atoms with E-state index in [2.05, 4.69) is 15.5 Å². The first kappa shape index (κ1) is 18.3. The van der Waals surface area contributed by atoms with Gasteiger partial charge in [0.1, 0.15) is 0 Å². The standard InChI is InChI=1S/C18H28N4O2/c1-14(2)19-17(23)12-21(3)13-18(24)20-15-6-8-16(9-7-15)22-10-4-5-11-22/h6-9,14H,4-5,10-13H2,1-3H3,(H,19,23)(H,20,24). The van der Waals surface area contributed by atoms with Crippen molar-refractivity contribution in [3.05, 3.63) is 24.3 Å². The van der Waals surface area contributed by atoms with Crippen LogP contribution in [0.3, 0.4) is 0 Å². The van der Waals surface area contributed by atoms with Gasteiger partial charge in [-0.05, 0) is 58.0 Å². The van der Waals surface area contributed by atoms with Gasteiger partial charge in [0.05, 0.1) is 13.1 Å². The zero-order chi connectivity index (χ0) is 17.5. The second-order valence-corrected chi connectivity index (χ2v) is 6.68. The molecule has 0 aromatic heterocycles. The van der Waals surface area contributed by atoms with Gasteiger partial charge in [0, 0.05) is 30.5 Å². The third-order valence-electron chi connectivity index (χ3n) is 3.90. The Morgan fingerprint density at radius 2 is 1.67 bits per heavy atom. The number of carbonyl (C=O) groups excluding carboxylic acids is 2. The number of rotatable bonds is 7. The molecule has 0 bridgehead atoms. The summed E-state index contributed by atoms with van der Waals surface area (Å²) in [5, 5.41) is 5.69. The molecule has 0 unspecified atom stereocenters. The third kappa shape index (κ3) is 5.85. The van der Waals surface area contributed by atoms with Crippen LogP contribution in [0.4, 0.5) is 11.4 Å². The highest BCUT2D eigenvalue weighted by molar-refractivity contribution is 5.92. The molecule has 24 heavy (non-hydrogen) atoms. The van der Waals surface area contributed by atoms with Gasteiger partial charge in [-0.25, -0.2) is 0 Å². The molecule has 0 atom stereocenters. The summed E-state index contributed by atoms with van der Waals surface area (Å²) < 4.78 is 0. The average Bonchev–Trinajstić information content (AvgIpc) is 3.00. The molecule has 0 spiro atoms. The Kier molecular flexibility index (Phi) is 6.61. The van der Waals surface area contributed by atoms with E-state index in [-0.39, 0.29) is 30.9 Å². The minimum atomic E-state index is -0.122. The Balaban J connectivity index is 1.78. The molecule has 132 valence electrons. The Morgan fingerprint density at radius 3 is 2.25 bits per heavy atom. The number of carbonyl (C=O) groups is 2. The van der Waals surface area contributed by atoms with E-state index in [4.69, 9.17) is 0 Å². The topological polar surface area (TPSA) is 64.7 Å². The van der Waals surface area contributed by atoms with Crippen LogP contribution >= 0.6 is 0 Å². The molecular formula is C18H28N4O2. The van der Waals surface area contributed by atoms with Crippen LogP contribution in [0.5, 0.6) is 0 Å². The predicted molar refractivity (Wildman–Crippen MR) is 97.3 cm³/mol. The van der Waals surface area contributed by atoms with Crippen molar-refractivity contribution in [2.45, 2.75) is 32.7 Å². The van der Waals surface area contributed by atoms with E-state index in [0.717, 1.165) is 18.8 Å². The molecule has 0 saturated carbocycles. The number of nitrogens with zero attached hydrogens (tertiary/aromatic N) is 2. The monoisotopic (exact) mass is 332 g/mol. The first-order chi connectivity index (χ1) is 11.4. The summed E-state index contributed by atoms with van der Waals surface area (Å²) in [7, 11) is 1.76. The van der Waals surface area contributed by atoms with Gasteiger partial charge in [-0.3, -0.25) is 14.5 Å². The minimum absolute atomic E-state index is 0.0738. The molecule has 0 radical (unpaired) electrons. The van der Waals surface area contributed by atoms with E-state index in [1.165, 1.54) is 18.5 Å². The van der Waals surface area contributed by atoms with E-state index < -0.39 is 0 Å². The lowest BCUT2D eigenvalue weighted by Gasteiger charge is -2.19. The first-order valence-electron chi connectivity index (χ1n) is 8.57. The van der Waals surface area contributed by atoms with Gasteiger partial charge in [-0.1, -0.05) is 0 Å². The van der Waals surface area contributed by atoms with Crippen molar-refractivity contribution in [1.82, 2.24) is 10.2 Å². The van der Waals surface area contributed by atoms with Gasteiger partial charge in [0.2, 0.25) is 11.8 Å². The maximum Gasteiger partial charge on any atom is 0.238 e. The van der Waals surface area contributed by atoms with Crippen LogP contribution in [0.2, 0.25) is 0 Å². The van der Waals surface area contributed by atoms with Crippen molar-refractivity contribution in [3.8, 4) is 0 Å². The van der Waals surface area contributed by atoms with E-state index in [9.17, 15) is 9.59 Å². The number of amides is 2. The van der Waals surface area contributed by atoms with Gasteiger partial charge in [-0.2, -0.15) is 0 Å². The van der Waals surface area contributed by atoms with Crippen LogP contribution < -0.4 is 15.5 Å². The predicted octanol–water partition coefficient (Wildman–Crippen LogP) is 1.68. The number of benzene rings is 1. The van der Waals surface area contributed by atoms with E-state index in [1.807, 2.05) is 38.1 Å². The molecule has 1 heterocycles. The van der Waals surface area contributed by atoms with Gasteiger partial charge < -0.3 is 15.5 Å². The van der Waals surface area contributed by atoms with Crippen molar-refractivity contribution in [2.75, 3.05) is 43.4 Å². The summed E-state index contributed by atoms with van der Waals surface area (Å²) in [6.45, 7) is 6.43. The average molecular weight is 332 g/mol. The summed E-state index contributed by atoms with van der Waals surface area (Å²) in [4.78, 5) is 27.8. The van der Waals surface area contributed by atoms with E-state index in [0.29, 0.717) is 0 Å². The molecule has 2 N–H and O–H groups in total. The van der Waals surface area contributed by atoms with Crippen LogP contribution in [0.15, 0.2) is 24.3 Å². The zero-order valence-corrected chi connectivity index (χ0v) is 14.8. The van der Waals surface area contributed by atoms with E-state index in [1.54, 1.807) is 11.9 Å². The van der Waals surface area contributed by atoms with E-state index >= 15 is 0 Å². The maximum absolute atomic E-state index is 12.1. The second-order valence-electron chi connectivity index (χ2n) is 6.68. The van der Waals surface area contributed by atoms with Gasteiger partial charge in [0.15, 0.2) is 0 Å². The molecule has 1 aromatic carbocycles. The lowest BCUT2D eigenvalue weighted by Crippen LogP contribution is -2.41. The molecule has 1 aromatic rings. The third-order valence-corrected chi connectivity index (χ3v) is 3.90. The summed E-state index contributed by atoms with van der Waals surface area (Å²) in [6.07, 6.45) is 2.49. The Morgan fingerprint density at radius 1 is 1.08 bits per heavy atom. The maximum atomic E-state index is 12.1. The molecule has 6 heteroatoms. The zero-order valence-electron chi connectivity index (χ0n) is 14.8. The Hall–Kier alpha value is -2.08. The minimum Gasteiger partial charge on any atom is -0.372 e. The van der Waals surface area contributed by atoms with Crippen molar-refractivity contribution in [2.24, 2.45) is 0 Å². The highest BCUT2D eigenvalue weighted by Crippen LogP contribution is 2.21. The molecule has 6 nitrogen and oxygen atoms in total. The number of anilines is 2. The first-order valence-corrected chi connectivity index (χ1v) is 8.57. The number of likely N-dealkylation sites (N-methyl/N-ethyl adjacent to an activating group) is 1. The van der Waals surface area contributed by atoms with Crippen LogP contribution in [0, 0.1) is 0 Å². The molecule has 2 amide bonds. The van der Waals surface area contributed by atoms with Gasteiger partial charge in [-0.15, -0.1) is 0 Å². The fourth-order valence-corrected chi connectivity index (χ4v) is 2.85. The van der Waals surface area contributed by atoms with Crippen LogP contribution in [-0.2, 0) is 9.59 Å². The van der Waals surface area contributed by atoms with Crippen molar-refractivity contribution in [1.29, 1.82) is 0 Å². The highest BCUT2D eigenvalue weighted by atomic mass is 16.2. The summed E-state index contributed by atoms with van der Waals surface area (Å²) in [6, 6.07) is 8.05. The summed E-state index contributed by atoms with van der Waals surface area (Å²) >= 11 is 0. The fraction of sp³-hybridized carbons (Fsp3) is 0.556. The number of hydrogen-bond acceptors (Lipinski definition) is 4. The summed E-state index contributed by atoms with van der Waals surface area (Å²) in [5.41, 5.74) is 1.98. The quantitative estimate of drug-likeness (QED) is 0.797. The lowest BCUT2D eigenvalue weighted by atomic mass is 10.2. The highest BCUT2D eigenvalue weighted by Gasteiger charge is 2.13. The van der Waals surface area contributed by atoms with Crippen LogP contribution in [-0.4, -0.2) is 56.0 Å². The number of nitrogens with one attached hydrogen (secondary N) is 2. The van der Waals surface area contributed by atoms with Crippen molar-refractivity contribution >= 4 is 23.2 Å². The largest absolute Gasteiger partial charge is 0.372 e. The molecule has 1 saturated heterocycles.